The highest BCUT2D eigenvalue weighted by Crippen LogP contribution is 2.24. The molecule has 0 saturated heterocycles. The predicted octanol–water partition coefficient (Wildman–Crippen LogP) is 3.54. The number of rotatable bonds is 3. The van der Waals surface area contributed by atoms with E-state index in [1.54, 1.807) is 16.2 Å². The minimum atomic E-state index is -0.497. The Balaban J connectivity index is 1.75. The molecular formula is C20H25N3O4. The van der Waals surface area contributed by atoms with Gasteiger partial charge in [-0.15, -0.1) is 0 Å². The summed E-state index contributed by atoms with van der Waals surface area (Å²) >= 11 is 0. The van der Waals surface area contributed by atoms with Crippen molar-refractivity contribution < 1.29 is 19.1 Å². The topological polar surface area (TPSA) is 73.1 Å². The van der Waals surface area contributed by atoms with Gasteiger partial charge in [-0.3, -0.25) is 4.40 Å². The number of pyridine rings is 1. The Hall–Kier alpha value is -2.83. The Morgan fingerprint density at radius 1 is 1.30 bits per heavy atom. The molecule has 7 heteroatoms. The molecule has 0 unspecified atom stereocenters. The molecule has 2 aromatic rings. The zero-order valence-corrected chi connectivity index (χ0v) is 16.2. The Morgan fingerprint density at radius 3 is 2.70 bits per heavy atom. The summed E-state index contributed by atoms with van der Waals surface area (Å²) in [6.45, 7) is 8.80. The summed E-state index contributed by atoms with van der Waals surface area (Å²) in [5.41, 5.74) is 2.78. The monoisotopic (exact) mass is 371 g/mol. The van der Waals surface area contributed by atoms with Crippen molar-refractivity contribution in [1.29, 1.82) is 0 Å². The minimum absolute atomic E-state index is 0.291. The van der Waals surface area contributed by atoms with Crippen molar-refractivity contribution in [2.75, 3.05) is 19.7 Å². The highest BCUT2D eigenvalue weighted by molar-refractivity contribution is 5.88. The van der Waals surface area contributed by atoms with Crippen LogP contribution in [0.4, 0.5) is 4.79 Å². The van der Waals surface area contributed by atoms with E-state index in [-0.39, 0.29) is 12.1 Å². The first-order valence-corrected chi connectivity index (χ1v) is 9.10. The van der Waals surface area contributed by atoms with Gasteiger partial charge in [-0.1, -0.05) is 6.08 Å². The Morgan fingerprint density at radius 2 is 2.07 bits per heavy atom. The lowest BCUT2D eigenvalue weighted by Crippen LogP contribution is -2.39. The quantitative estimate of drug-likeness (QED) is 0.772. The van der Waals surface area contributed by atoms with Crippen molar-refractivity contribution in [2.24, 2.45) is 0 Å². The number of amides is 1. The lowest BCUT2D eigenvalue weighted by molar-refractivity contribution is 0.0270. The van der Waals surface area contributed by atoms with E-state index in [4.69, 9.17) is 9.47 Å². The summed E-state index contributed by atoms with van der Waals surface area (Å²) in [4.78, 5) is 30.1. The number of carbonyl (C=O) groups is 2. The van der Waals surface area contributed by atoms with Gasteiger partial charge in [0.2, 0.25) is 0 Å². The van der Waals surface area contributed by atoms with Crippen LogP contribution < -0.4 is 0 Å². The van der Waals surface area contributed by atoms with Crippen LogP contribution in [0.25, 0.3) is 11.2 Å². The van der Waals surface area contributed by atoms with Crippen LogP contribution in [0.1, 0.15) is 50.2 Å². The maximum absolute atomic E-state index is 12.2. The standard InChI is InChI=1S/C20H25N3O4/c1-5-26-18(24)16-13-21-17-12-15(8-11-23(16)17)14-6-9-22(10-7-14)19(25)27-20(2,3)4/h6,8,11-13H,5,7,9-10H2,1-4H3. The maximum atomic E-state index is 12.2. The zero-order valence-electron chi connectivity index (χ0n) is 16.2. The molecule has 0 fully saturated rings. The molecule has 0 aromatic carbocycles. The molecule has 0 radical (unpaired) electrons. The highest BCUT2D eigenvalue weighted by atomic mass is 16.6. The molecule has 3 rings (SSSR count). The van der Waals surface area contributed by atoms with E-state index in [1.807, 2.05) is 45.2 Å². The van der Waals surface area contributed by atoms with Gasteiger partial charge in [0.25, 0.3) is 0 Å². The van der Waals surface area contributed by atoms with Gasteiger partial charge in [-0.2, -0.15) is 0 Å². The predicted molar refractivity (Wildman–Crippen MR) is 102 cm³/mol. The Bertz CT molecular complexity index is 892. The first-order chi connectivity index (χ1) is 12.8. The first kappa shape index (κ1) is 18.9. The van der Waals surface area contributed by atoms with E-state index in [0.29, 0.717) is 31.0 Å². The number of nitrogens with zero attached hydrogens (tertiary/aromatic N) is 3. The fourth-order valence-corrected chi connectivity index (χ4v) is 2.96. The molecular weight excluding hydrogens is 346 g/mol. The second-order valence-corrected chi connectivity index (χ2v) is 7.41. The van der Waals surface area contributed by atoms with Gasteiger partial charge in [0.15, 0.2) is 5.69 Å². The van der Waals surface area contributed by atoms with E-state index in [0.717, 1.165) is 17.6 Å². The van der Waals surface area contributed by atoms with Crippen LogP contribution in [0.2, 0.25) is 0 Å². The van der Waals surface area contributed by atoms with Gasteiger partial charge in [0.05, 0.1) is 12.8 Å². The lowest BCUT2D eigenvalue weighted by atomic mass is 10.0. The second kappa shape index (κ2) is 7.42. The molecule has 0 spiro atoms. The zero-order chi connectivity index (χ0) is 19.6. The van der Waals surface area contributed by atoms with Crippen molar-refractivity contribution in [1.82, 2.24) is 14.3 Å². The summed E-state index contributed by atoms with van der Waals surface area (Å²) in [7, 11) is 0. The average molecular weight is 371 g/mol. The molecule has 3 heterocycles. The number of hydrogen-bond donors (Lipinski definition) is 0. The molecule has 0 saturated carbocycles. The highest BCUT2D eigenvalue weighted by Gasteiger charge is 2.24. The minimum Gasteiger partial charge on any atom is -0.461 e. The van der Waals surface area contributed by atoms with Gasteiger partial charge >= 0.3 is 12.1 Å². The van der Waals surface area contributed by atoms with Gasteiger partial charge in [-0.05, 0) is 57.4 Å². The average Bonchev–Trinajstić information content (AvgIpc) is 3.04. The summed E-state index contributed by atoms with van der Waals surface area (Å²) in [6.07, 6.45) is 5.83. The molecule has 1 aliphatic heterocycles. The fraction of sp³-hybridized carbons (Fsp3) is 0.450. The number of carbonyl (C=O) groups excluding carboxylic acids is 2. The Kier molecular flexibility index (Phi) is 5.21. The van der Waals surface area contributed by atoms with E-state index in [9.17, 15) is 9.59 Å². The molecule has 27 heavy (non-hydrogen) atoms. The van der Waals surface area contributed by atoms with Gasteiger partial charge in [0.1, 0.15) is 11.2 Å². The molecule has 2 aromatic heterocycles. The van der Waals surface area contributed by atoms with Crippen molar-refractivity contribution in [2.45, 2.75) is 39.7 Å². The SMILES string of the molecule is CCOC(=O)c1cnc2cc(C3=CCN(C(=O)OC(C)(C)C)CC3)ccn12. The fourth-order valence-electron chi connectivity index (χ4n) is 2.96. The summed E-state index contributed by atoms with van der Waals surface area (Å²) in [5, 5.41) is 0. The molecule has 7 nitrogen and oxygen atoms in total. The van der Waals surface area contributed by atoms with E-state index in [2.05, 4.69) is 4.98 Å². The second-order valence-electron chi connectivity index (χ2n) is 7.41. The van der Waals surface area contributed by atoms with Gasteiger partial charge in [0, 0.05) is 19.3 Å². The van der Waals surface area contributed by atoms with Crippen LogP contribution in [0.3, 0.4) is 0 Å². The molecule has 0 aliphatic carbocycles. The third kappa shape index (κ3) is 4.30. The summed E-state index contributed by atoms with van der Waals surface area (Å²) in [5.74, 6) is -0.386. The number of imidazole rings is 1. The third-order valence-electron chi connectivity index (χ3n) is 4.23. The van der Waals surface area contributed by atoms with Gasteiger partial charge in [-0.25, -0.2) is 14.6 Å². The summed E-state index contributed by atoms with van der Waals surface area (Å²) in [6, 6.07) is 3.89. The number of hydrogen-bond acceptors (Lipinski definition) is 5. The van der Waals surface area contributed by atoms with Crippen molar-refractivity contribution in [3.63, 3.8) is 0 Å². The lowest BCUT2D eigenvalue weighted by Gasteiger charge is -2.29. The Labute approximate surface area is 158 Å². The van der Waals surface area contributed by atoms with Crippen molar-refractivity contribution in [3.8, 4) is 0 Å². The van der Waals surface area contributed by atoms with E-state index in [1.165, 1.54) is 6.20 Å². The molecule has 144 valence electrons. The smallest absolute Gasteiger partial charge is 0.410 e. The number of aromatic nitrogens is 2. The molecule has 1 aliphatic rings. The largest absolute Gasteiger partial charge is 0.461 e. The normalized spacial score (nSPS) is 14.8. The van der Waals surface area contributed by atoms with Gasteiger partial charge < -0.3 is 14.4 Å². The number of esters is 1. The molecule has 1 amide bonds. The van der Waals surface area contributed by atoms with E-state index < -0.39 is 5.60 Å². The van der Waals surface area contributed by atoms with Crippen LogP contribution in [0.15, 0.2) is 30.6 Å². The van der Waals surface area contributed by atoms with Crippen molar-refractivity contribution >= 4 is 23.3 Å². The molecule has 0 atom stereocenters. The molecule has 0 N–H and O–H groups in total. The van der Waals surface area contributed by atoms with Crippen molar-refractivity contribution in [3.05, 3.63) is 41.9 Å². The summed E-state index contributed by atoms with van der Waals surface area (Å²) < 4.78 is 12.2. The number of ether oxygens (including phenoxy) is 2. The third-order valence-corrected chi connectivity index (χ3v) is 4.23. The van der Waals surface area contributed by atoms with Crippen LogP contribution in [-0.2, 0) is 9.47 Å². The number of fused-ring (bicyclic) bond motifs is 1. The maximum Gasteiger partial charge on any atom is 0.410 e. The van der Waals surface area contributed by atoms with Crippen LogP contribution >= 0.6 is 0 Å². The van der Waals surface area contributed by atoms with Crippen LogP contribution in [-0.4, -0.2) is 51.6 Å². The molecule has 0 bridgehead atoms. The van der Waals surface area contributed by atoms with Crippen LogP contribution in [0, 0.1) is 0 Å². The first-order valence-electron chi connectivity index (χ1n) is 9.10. The van der Waals surface area contributed by atoms with E-state index >= 15 is 0 Å². The van der Waals surface area contributed by atoms with Crippen LogP contribution in [0.5, 0.6) is 0 Å².